The van der Waals surface area contributed by atoms with Gasteiger partial charge in [-0.15, -0.1) is 0 Å². The molecule has 1 amide bonds. The molecule has 0 saturated carbocycles. The van der Waals surface area contributed by atoms with Gasteiger partial charge in [-0.1, -0.05) is 38.1 Å². The molecule has 0 aromatic heterocycles. The molecule has 0 unspecified atom stereocenters. The van der Waals surface area contributed by atoms with Gasteiger partial charge < -0.3 is 10.6 Å². The van der Waals surface area contributed by atoms with E-state index in [1.165, 1.54) is 0 Å². The highest BCUT2D eigenvalue weighted by Crippen LogP contribution is 2.37. The first kappa shape index (κ1) is 14.1. The Morgan fingerprint density at radius 2 is 1.86 bits per heavy atom. The highest BCUT2D eigenvalue weighted by molar-refractivity contribution is 6.24. The maximum absolute atomic E-state index is 12.6. The Balaban J connectivity index is 1.84. The smallest absolute Gasteiger partial charge is 0.258 e. The van der Waals surface area contributed by atoms with Gasteiger partial charge in [-0.2, -0.15) is 0 Å². The van der Waals surface area contributed by atoms with Crippen molar-refractivity contribution in [3.8, 4) is 0 Å². The summed E-state index contributed by atoms with van der Waals surface area (Å²) in [7, 11) is 0. The second-order valence-corrected chi connectivity index (χ2v) is 6.61. The molecule has 0 bridgehead atoms. The van der Waals surface area contributed by atoms with E-state index in [0.29, 0.717) is 6.54 Å². The first-order valence-electron chi connectivity index (χ1n) is 7.57. The number of carbonyl (C=O) groups excluding carboxylic acids is 1. The highest BCUT2D eigenvalue weighted by Gasteiger charge is 2.29. The van der Waals surface area contributed by atoms with Crippen molar-refractivity contribution in [2.24, 2.45) is 11.1 Å². The standard InChI is InChI=1S/C18H22N2O/c1-18(2,12-19)10-5-11-20-15-9-4-7-13-6-3-8-14(16(13)15)17(20)21/h3-4,6-9H,5,10-12,19H2,1-2H3. The van der Waals surface area contributed by atoms with Crippen LogP contribution in [0.15, 0.2) is 36.4 Å². The van der Waals surface area contributed by atoms with Crippen molar-refractivity contribution in [2.45, 2.75) is 26.7 Å². The molecule has 0 saturated heterocycles. The van der Waals surface area contributed by atoms with Gasteiger partial charge in [0.2, 0.25) is 0 Å². The number of rotatable bonds is 5. The normalized spacial score (nSPS) is 14.2. The average molecular weight is 282 g/mol. The Morgan fingerprint density at radius 1 is 1.14 bits per heavy atom. The summed E-state index contributed by atoms with van der Waals surface area (Å²) in [5.41, 5.74) is 7.81. The van der Waals surface area contributed by atoms with E-state index >= 15 is 0 Å². The van der Waals surface area contributed by atoms with Crippen LogP contribution in [0.5, 0.6) is 0 Å². The van der Waals surface area contributed by atoms with E-state index in [2.05, 4.69) is 26.0 Å². The summed E-state index contributed by atoms with van der Waals surface area (Å²) in [6.45, 7) is 5.79. The Hall–Kier alpha value is -1.87. The second kappa shape index (κ2) is 5.15. The predicted molar refractivity (Wildman–Crippen MR) is 87.7 cm³/mol. The van der Waals surface area contributed by atoms with E-state index < -0.39 is 0 Å². The summed E-state index contributed by atoms with van der Waals surface area (Å²) in [6.07, 6.45) is 2.00. The SMILES string of the molecule is CC(C)(CN)CCCN1C(=O)c2cccc3cccc1c23. The molecule has 1 heterocycles. The van der Waals surface area contributed by atoms with Gasteiger partial charge in [0.15, 0.2) is 0 Å². The van der Waals surface area contributed by atoms with E-state index in [-0.39, 0.29) is 11.3 Å². The van der Waals surface area contributed by atoms with Crippen LogP contribution in [0.1, 0.15) is 37.0 Å². The van der Waals surface area contributed by atoms with Crippen molar-refractivity contribution >= 4 is 22.4 Å². The zero-order valence-corrected chi connectivity index (χ0v) is 12.7. The molecule has 2 aromatic rings. The van der Waals surface area contributed by atoms with Crippen molar-refractivity contribution in [1.82, 2.24) is 0 Å². The van der Waals surface area contributed by atoms with E-state index in [1.54, 1.807) is 0 Å². The van der Waals surface area contributed by atoms with Crippen LogP contribution in [0.3, 0.4) is 0 Å². The molecule has 0 spiro atoms. The third-order valence-corrected chi connectivity index (χ3v) is 4.44. The summed E-state index contributed by atoms with van der Waals surface area (Å²) < 4.78 is 0. The Morgan fingerprint density at radius 3 is 2.57 bits per heavy atom. The minimum absolute atomic E-state index is 0.132. The molecule has 21 heavy (non-hydrogen) atoms. The Kier molecular flexibility index (Phi) is 3.46. The average Bonchev–Trinajstić information content (AvgIpc) is 2.75. The van der Waals surface area contributed by atoms with Crippen LogP contribution in [-0.2, 0) is 0 Å². The van der Waals surface area contributed by atoms with Crippen LogP contribution in [0, 0.1) is 5.41 Å². The lowest BCUT2D eigenvalue weighted by Gasteiger charge is -2.24. The number of anilines is 1. The van der Waals surface area contributed by atoms with E-state index in [9.17, 15) is 4.79 Å². The fraction of sp³-hybridized carbons (Fsp3) is 0.389. The molecule has 0 radical (unpaired) electrons. The van der Waals surface area contributed by atoms with Gasteiger partial charge in [-0.05, 0) is 42.3 Å². The molecule has 3 rings (SSSR count). The van der Waals surface area contributed by atoms with Gasteiger partial charge in [-0.3, -0.25) is 4.79 Å². The molecule has 1 aliphatic rings. The molecular formula is C18H22N2O. The van der Waals surface area contributed by atoms with Gasteiger partial charge in [0.05, 0.1) is 5.69 Å². The van der Waals surface area contributed by atoms with Crippen LogP contribution < -0.4 is 10.6 Å². The summed E-state index contributed by atoms with van der Waals surface area (Å²) in [5.74, 6) is 0.132. The van der Waals surface area contributed by atoms with Gasteiger partial charge >= 0.3 is 0 Å². The van der Waals surface area contributed by atoms with Gasteiger partial charge in [-0.25, -0.2) is 0 Å². The van der Waals surface area contributed by atoms with Crippen molar-refractivity contribution in [3.63, 3.8) is 0 Å². The molecule has 110 valence electrons. The van der Waals surface area contributed by atoms with Crippen molar-refractivity contribution in [2.75, 3.05) is 18.0 Å². The summed E-state index contributed by atoms with van der Waals surface area (Å²) in [6, 6.07) is 12.1. The van der Waals surface area contributed by atoms with Crippen LogP contribution in [-0.4, -0.2) is 19.0 Å². The fourth-order valence-corrected chi connectivity index (χ4v) is 3.02. The number of hydrogen-bond acceptors (Lipinski definition) is 2. The molecule has 2 N–H and O–H groups in total. The molecule has 3 nitrogen and oxygen atoms in total. The molecule has 0 fully saturated rings. The minimum Gasteiger partial charge on any atom is -0.330 e. The summed E-state index contributed by atoms with van der Waals surface area (Å²) >= 11 is 0. The quantitative estimate of drug-likeness (QED) is 0.911. The third-order valence-electron chi connectivity index (χ3n) is 4.44. The topological polar surface area (TPSA) is 46.3 Å². The molecule has 1 aliphatic heterocycles. The molecule has 2 aromatic carbocycles. The van der Waals surface area contributed by atoms with Crippen molar-refractivity contribution in [3.05, 3.63) is 42.0 Å². The summed E-state index contributed by atoms with van der Waals surface area (Å²) in [4.78, 5) is 14.5. The van der Waals surface area contributed by atoms with E-state index in [1.807, 2.05) is 29.2 Å². The molecule has 0 aliphatic carbocycles. The Bertz CT molecular complexity index is 685. The lowest BCUT2D eigenvalue weighted by atomic mass is 9.88. The zero-order valence-electron chi connectivity index (χ0n) is 12.7. The first-order chi connectivity index (χ1) is 10.0. The fourth-order valence-electron chi connectivity index (χ4n) is 3.02. The lowest BCUT2D eigenvalue weighted by Crippen LogP contribution is -2.30. The van der Waals surface area contributed by atoms with Crippen LogP contribution in [0.25, 0.3) is 10.8 Å². The number of benzene rings is 2. The molecular weight excluding hydrogens is 260 g/mol. The monoisotopic (exact) mass is 282 g/mol. The largest absolute Gasteiger partial charge is 0.330 e. The van der Waals surface area contributed by atoms with Crippen molar-refractivity contribution < 1.29 is 4.79 Å². The second-order valence-electron chi connectivity index (χ2n) is 6.61. The minimum atomic E-state index is 0.132. The lowest BCUT2D eigenvalue weighted by molar-refractivity contribution is 0.0992. The number of nitrogens with two attached hydrogens (primary N) is 1. The number of amides is 1. The van der Waals surface area contributed by atoms with Gasteiger partial charge in [0.1, 0.15) is 0 Å². The maximum Gasteiger partial charge on any atom is 0.258 e. The third kappa shape index (κ3) is 2.42. The molecule has 0 atom stereocenters. The van der Waals surface area contributed by atoms with Crippen molar-refractivity contribution in [1.29, 1.82) is 0 Å². The highest BCUT2D eigenvalue weighted by atomic mass is 16.2. The van der Waals surface area contributed by atoms with Gasteiger partial charge in [0.25, 0.3) is 5.91 Å². The van der Waals surface area contributed by atoms with Crippen LogP contribution >= 0.6 is 0 Å². The number of hydrogen-bond donors (Lipinski definition) is 1. The Labute approximate surface area is 125 Å². The predicted octanol–water partition coefficient (Wildman–Crippen LogP) is 3.57. The molecule has 3 heteroatoms. The van der Waals surface area contributed by atoms with Crippen LogP contribution in [0.4, 0.5) is 5.69 Å². The zero-order chi connectivity index (χ0) is 15.0. The summed E-state index contributed by atoms with van der Waals surface area (Å²) in [5, 5.41) is 2.24. The number of nitrogens with zero attached hydrogens (tertiary/aromatic N) is 1. The van der Waals surface area contributed by atoms with E-state index in [4.69, 9.17) is 5.73 Å². The number of carbonyl (C=O) groups is 1. The van der Waals surface area contributed by atoms with E-state index in [0.717, 1.165) is 41.4 Å². The maximum atomic E-state index is 12.6. The first-order valence-corrected chi connectivity index (χ1v) is 7.57. The van der Waals surface area contributed by atoms with Gasteiger partial charge in [0, 0.05) is 17.5 Å². The van der Waals surface area contributed by atoms with Crippen LogP contribution in [0.2, 0.25) is 0 Å².